The summed E-state index contributed by atoms with van der Waals surface area (Å²) in [5, 5.41) is 9.80. The second kappa shape index (κ2) is 3.52. The molecule has 1 aromatic carbocycles. The smallest absolute Gasteiger partial charge is 0.0991 e. The van der Waals surface area contributed by atoms with E-state index in [9.17, 15) is 0 Å². The van der Waals surface area contributed by atoms with Gasteiger partial charge in [0, 0.05) is 16.6 Å². The molecule has 0 fully saturated rings. The minimum Gasteiger partial charge on any atom is -0.358 e. The molecule has 2 aromatic rings. The molecule has 3 N–H and O–H groups in total. The lowest BCUT2D eigenvalue weighted by Crippen LogP contribution is -2.02. The molecule has 0 aliphatic carbocycles. The average molecular weight is 185 g/mol. The van der Waals surface area contributed by atoms with Crippen molar-refractivity contribution in [3.05, 3.63) is 35.5 Å². The van der Waals surface area contributed by atoms with Crippen molar-refractivity contribution in [2.24, 2.45) is 5.73 Å². The highest BCUT2D eigenvalue weighted by atomic mass is 14.7. The van der Waals surface area contributed by atoms with E-state index in [-0.39, 0.29) is 0 Å². The third-order valence-electron chi connectivity index (χ3n) is 2.22. The summed E-state index contributed by atoms with van der Waals surface area (Å²) in [6.45, 7) is 0.637. The molecule has 1 heterocycles. The lowest BCUT2D eigenvalue weighted by Gasteiger charge is -1.90. The summed E-state index contributed by atoms with van der Waals surface area (Å²) in [4.78, 5) is 3.26. The van der Waals surface area contributed by atoms with Crippen molar-refractivity contribution in [2.45, 2.75) is 6.42 Å². The van der Waals surface area contributed by atoms with Gasteiger partial charge in [0.2, 0.25) is 0 Å². The second-order valence-corrected chi connectivity index (χ2v) is 3.25. The van der Waals surface area contributed by atoms with Crippen molar-refractivity contribution in [1.82, 2.24) is 4.98 Å². The highest BCUT2D eigenvalue weighted by molar-refractivity contribution is 5.81. The van der Waals surface area contributed by atoms with Gasteiger partial charge in [-0.05, 0) is 37.2 Å². The van der Waals surface area contributed by atoms with Crippen LogP contribution in [-0.4, -0.2) is 11.5 Å². The fourth-order valence-electron chi connectivity index (χ4n) is 1.55. The van der Waals surface area contributed by atoms with Gasteiger partial charge in [0.05, 0.1) is 11.6 Å². The standard InChI is InChI=1S/C11H11N3/c12-4-3-10-6-9-5-8(7-13)1-2-11(9)14-10/h1-2,5-6,14H,3-4,12H2. The zero-order valence-electron chi connectivity index (χ0n) is 7.75. The molecule has 3 nitrogen and oxygen atoms in total. The molecule has 14 heavy (non-hydrogen) atoms. The first-order chi connectivity index (χ1) is 6.83. The molecule has 0 spiro atoms. The highest BCUT2D eigenvalue weighted by Gasteiger charge is 2.00. The van der Waals surface area contributed by atoms with Crippen molar-refractivity contribution in [1.29, 1.82) is 5.26 Å². The molecule has 0 aliphatic rings. The number of rotatable bonds is 2. The fraction of sp³-hybridized carbons (Fsp3) is 0.182. The second-order valence-electron chi connectivity index (χ2n) is 3.25. The lowest BCUT2D eigenvalue weighted by atomic mass is 10.2. The van der Waals surface area contributed by atoms with E-state index in [1.165, 1.54) is 0 Å². The Morgan fingerprint density at radius 3 is 2.93 bits per heavy atom. The summed E-state index contributed by atoms with van der Waals surface area (Å²) in [5.74, 6) is 0. The largest absolute Gasteiger partial charge is 0.358 e. The Morgan fingerprint density at radius 2 is 2.21 bits per heavy atom. The van der Waals surface area contributed by atoms with Crippen molar-refractivity contribution in [3.8, 4) is 6.07 Å². The van der Waals surface area contributed by atoms with Crippen LogP contribution in [0.15, 0.2) is 24.3 Å². The van der Waals surface area contributed by atoms with Gasteiger partial charge in [0.1, 0.15) is 0 Å². The Bertz CT molecular complexity index is 491. The molecule has 0 atom stereocenters. The first kappa shape index (κ1) is 8.79. The van der Waals surface area contributed by atoms with Crippen LogP contribution in [0.1, 0.15) is 11.3 Å². The average Bonchev–Trinajstić information content (AvgIpc) is 2.59. The summed E-state index contributed by atoms with van der Waals surface area (Å²) < 4.78 is 0. The molecule has 70 valence electrons. The molecule has 0 amide bonds. The number of fused-ring (bicyclic) bond motifs is 1. The Labute approximate surface area is 82.1 Å². The van der Waals surface area contributed by atoms with Gasteiger partial charge in [-0.15, -0.1) is 0 Å². The molecular weight excluding hydrogens is 174 g/mol. The Balaban J connectivity index is 2.50. The van der Waals surface area contributed by atoms with Crippen molar-refractivity contribution < 1.29 is 0 Å². The number of H-pyrrole nitrogens is 1. The molecule has 3 heteroatoms. The van der Waals surface area contributed by atoms with E-state index in [0.29, 0.717) is 12.1 Å². The van der Waals surface area contributed by atoms with Gasteiger partial charge in [-0.2, -0.15) is 5.26 Å². The minimum absolute atomic E-state index is 0.637. The quantitative estimate of drug-likeness (QED) is 0.745. The number of aromatic amines is 1. The number of nitrogens with zero attached hydrogens (tertiary/aromatic N) is 1. The number of nitriles is 1. The van der Waals surface area contributed by atoms with Gasteiger partial charge in [0.15, 0.2) is 0 Å². The maximum absolute atomic E-state index is 8.73. The Morgan fingerprint density at radius 1 is 1.36 bits per heavy atom. The molecule has 2 rings (SSSR count). The zero-order chi connectivity index (χ0) is 9.97. The predicted molar refractivity (Wildman–Crippen MR) is 55.8 cm³/mol. The van der Waals surface area contributed by atoms with Crippen LogP contribution in [0.2, 0.25) is 0 Å². The molecule has 0 saturated heterocycles. The number of benzene rings is 1. The zero-order valence-corrected chi connectivity index (χ0v) is 7.75. The molecule has 0 aliphatic heterocycles. The Kier molecular flexibility index (Phi) is 2.21. The van der Waals surface area contributed by atoms with Crippen LogP contribution in [0, 0.1) is 11.3 Å². The van der Waals surface area contributed by atoms with Crippen molar-refractivity contribution in [3.63, 3.8) is 0 Å². The summed E-state index contributed by atoms with van der Waals surface area (Å²) in [6, 6.07) is 9.78. The van der Waals surface area contributed by atoms with Crippen molar-refractivity contribution >= 4 is 10.9 Å². The molecule has 0 unspecified atom stereocenters. The van der Waals surface area contributed by atoms with Crippen LogP contribution in [0.25, 0.3) is 10.9 Å². The van der Waals surface area contributed by atoms with E-state index in [0.717, 1.165) is 23.0 Å². The van der Waals surface area contributed by atoms with Gasteiger partial charge in [-0.25, -0.2) is 0 Å². The lowest BCUT2D eigenvalue weighted by molar-refractivity contribution is 0.940. The van der Waals surface area contributed by atoms with Gasteiger partial charge < -0.3 is 10.7 Å². The van der Waals surface area contributed by atoms with Crippen LogP contribution >= 0.6 is 0 Å². The minimum atomic E-state index is 0.637. The third-order valence-corrected chi connectivity index (χ3v) is 2.22. The number of nitrogens with one attached hydrogen (secondary N) is 1. The molecule has 1 aromatic heterocycles. The molecule has 0 radical (unpaired) electrons. The summed E-state index contributed by atoms with van der Waals surface area (Å²) in [6.07, 6.45) is 0.844. The number of nitrogens with two attached hydrogens (primary N) is 1. The van der Waals surface area contributed by atoms with Gasteiger partial charge in [-0.1, -0.05) is 0 Å². The normalized spacial score (nSPS) is 10.3. The first-order valence-corrected chi connectivity index (χ1v) is 4.55. The summed E-state index contributed by atoms with van der Waals surface area (Å²) in [7, 11) is 0. The van der Waals surface area contributed by atoms with Crippen LogP contribution in [-0.2, 0) is 6.42 Å². The summed E-state index contributed by atoms with van der Waals surface area (Å²) in [5.41, 5.74) is 8.34. The fourth-order valence-corrected chi connectivity index (χ4v) is 1.55. The number of hydrogen-bond donors (Lipinski definition) is 2. The van der Waals surface area contributed by atoms with Crippen LogP contribution in [0.4, 0.5) is 0 Å². The highest BCUT2D eigenvalue weighted by Crippen LogP contribution is 2.16. The topological polar surface area (TPSA) is 65.6 Å². The van der Waals surface area contributed by atoms with E-state index in [4.69, 9.17) is 11.0 Å². The van der Waals surface area contributed by atoms with Crippen LogP contribution in [0.3, 0.4) is 0 Å². The van der Waals surface area contributed by atoms with E-state index in [1.807, 2.05) is 24.3 Å². The molecular formula is C11H11N3. The maximum Gasteiger partial charge on any atom is 0.0991 e. The van der Waals surface area contributed by atoms with Crippen molar-refractivity contribution in [2.75, 3.05) is 6.54 Å². The van der Waals surface area contributed by atoms with Gasteiger partial charge in [-0.3, -0.25) is 0 Å². The number of aromatic nitrogens is 1. The molecule has 0 bridgehead atoms. The van der Waals surface area contributed by atoms with E-state index < -0.39 is 0 Å². The molecule has 0 saturated carbocycles. The first-order valence-electron chi connectivity index (χ1n) is 4.55. The van der Waals surface area contributed by atoms with E-state index >= 15 is 0 Å². The van der Waals surface area contributed by atoms with E-state index in [2.05, 4.69) is 11.1 Å². The SMILES string of the molecule is N#Cc1ccc2[nH]c(CCN)cc2c1. The van der Waals surface area contributed by atoms with Gasteiger partial charge >= 0.3 is 0 Å². The van der Waals surface area contributed by atoms with Gasteiger partial charge in [0.25, 0.3) is 0 Å². The van der Waals surface area contributed by atoms with Crippen LogP contribution in [0.5, 0.6) is 0 Å². The maximum atomic E-state index is 8.73. The predicted octanol–water partition coefficient (Wildman–Crippen LogP) is 1.54. The van der Waals surface area contributed by atoms with Crippen LogP contribution < -0.4 is 5.73 Å². The summed E-state index contributed by atoms with van der Waals surface area (Å²) >= 11 is 0. The Hall–Kier alpha value is -1.79. The third kappa shape index (κ3) is 1.48. The number of hydrogen-bond acceptors (Lipinski definition) is 2. The monoisotopic (exact) mass is 185 g/mol. The van der Waals surface area contributed by atoms with E-state index in [1.54, 1.807) is 0 Å².